The summed E-state index contributed by atoms with van der Waals surface area (Å²) in [4.78, 5) is 33.9. The standard InChI is InChI=1S/C27H37N5O3/c1-21(22-6-3-2-4-7-22)16-25(33)31-14-10-27(35,11-15-31)19-32-20-29-24(17-26(32)34)8-5-12-30-13-9-23(28)18-30/h2-8,17,20-21,23,35H,9-16,18-19,28H2,1H3/b8-5+/t21?,23-/m1/s1. The normalized spacial score (nSPS) is 21.5. The van der Waals surface area contributed by atoms with Gasteiger partial charge in [-0.15, -0.1) is 0 Å². The molecule has 8 nitrogen and oxygen atoms in total. The molecule has 2 saturated heterocycles. The fraction of sp³-hybridized carbons (Fsp3) is 0.519. The first-order valence-electron chi connectivity index (χ1n) is 12.6. The first-order valence-corrected chi connectivity index (χ1v) is 12.6. The number of amides is 1. The molecule has 2 aliphatic heterocycles. The quantitative estimate of drug-likeness (QED) is 0.599. The average Bonchev–Trinajstić information content (AvgIpc) is 3.26. The van der Waals surface area contributed by atoms with E-state index in [1.54, 1.807) is 0 Å². The van der Waals surface area contributed by atoms with Gasteiger partial charge in [-0.05, 0) is 36.8 Å². The molecule has 35 heavy (non-hydrogen) atoms. The lowest BCUT2D eigenvalue weighted by molar-refractivity contribution is -0.136. The van der Waals surface area contributed by atoms with E-state index in [1.165, 1.54) is 17.0 Å². The monoisotopic (exact) mass is 479 g/mol. The van der Waals surface area contributed by atoms with Crippen molar-refractivity contribution in [3.8, 4) is 0 Å². The van der Waals surface area contributed by atoms with Gasteiger partial charge in [0, 0.05) is 51.3 Å². The Morgan fingerprint density at radius 3 is 2.66 bits per heavy atom. The molecule has 1 aromatic carbocycles. The molecule has 0 bridgehead atoms. The third kappa shape index (κ3) is 6.87. The summed E-state index contributed by atoms with van der Waals surface area (Å²) in [6.07, 6.45) is 7.70. The summed E-state index contributed by atoms with van der Waals surface area (Å²) >= 11 is 0. The second kappa shape index (κ2) is 11.3. The molecular weight excluding hydrogens is 442 g/mol. The molecule has 3 N–H and O–H groups in total. The first-order chi connectivity index (χ1) is 16.8. The third-order valence-corrected chi connectivity index (χ3v) is 7.22. The van der Waals surface area contributed by atoms with Gasteiger partial charge in [-0.3, -0.25) is 19.1 Å². The second-order valence-corrected chi connectivity index (χ2v) is 10.1. The molecule has 2 aliphatic rings. The van der Waals surface area contributed by atoms with Crippen molar-refractivity contribution in [1.82, 2.24) is 19.4 Å². The molecule has 0 aliphatic carbocycles. The van der Waals surface area contributed by atoms with E-state index in [4.69, 9.17) is 5.73 Å². The smallest absolute Gasteiger partial charge is 0.253 e. The molecular formula is C27H37N5O3. The summed E-state index contributed by atoms with van der Waals surface area (Å²) < 4.78 is 1.46. The lowest BCUT2D eigenvalue weighted by Crippen LogP contribution is -2.49. The Labute approximate surface area is 207 Å². The zero-order valence-corrected chi connectivity index (χ0v) is 20.6. The van der Waals surface area contributed by atoms with E-state index in [0.29, 0.717) is 38.0 Å². The third-order valence-electron chi connectivity index (χ3n) is 7.22. The number of nitrogens with two attached hydrogens (primary N) is 1. The molecule has 0 saturated carbocycles. The van der Waals surface area contributed by atoms with Gasteiger partial charge >= 0.3 is 0 Å². The summed E-state index contributed by atoms with van der Waals surface area (Å²) in [5.74, 6) is 0.254. The van der Waals surface area contributed by atoms with E-state index in [1.807, 2.05) is 47.4 Å². The van der Waals surface area contributed by atoms with Crippen LogP contribution >= 0.6 is 0 Å². The molecule has 0 spiro atoms. The Morgan fingerprint density at radius 2 is 2.00 bits per heavy atom. The minimum absolute atomic E-state index is 0.106. The van der Waals surface area contributed by atoms with Crippen molar-refractivity contribution >= 4 is 12.0 Å². The van der Waals surface area contributed by atoms with Crippen LogP contribution in [0.15, 0.2) is 53.6 Å². The van der Waals surface area contributed by atoms with Gasteiger partial charge in [0.25, 0.3) is 5.56 Å². The number of aromatic nitrogens is 2. The summed E-state index contributed by atoms with van der Waals surface area (Å²) in [5, 5.41) is 11.1. The second-order valence-electron chi connectivity index (χ2n) is 10.1. The Kier molecular flexibility index (Phi) is 8.15. The van der Waals surface area contributed by atoms with Gasteiger partial charge in [-0.25, -0.2) is 4.98 Å². The minimum Gasteiger partial charge on any atom is -0.388 e. The highest BCUT2D eigenvalue weighted by Crippen LogP contribution is 2.26. The van der Waals surface area contributed by atoms with Crippen molar-refractivity contribution in [3.05, 3.63) is 70.4 Å². The van der Waals surface area contributed by atoms with Crippen molar-refractivity contribution < 1.29 is 9.90 Å². The van der Waals surface area contributed by atoms with Gasteiger partial charge in [0.05, 0.1) is 24.2 Å². The highest BCUT2D eigenvalue weighted by molar-refractivity contribution is 5.77. The van der Waals surface area contributed by atoms with Gasteiger partial charge in [0.15, 0.2) is 0 Å². The van der Waals surface area contributed by atoms with E-state index in [9.17, 15) is 14.7 Å². The molecule has 188 valence electrons. The maximum atomic E-state index is 12.8. The maximum Gasteiger partial charge on any atom is 0.253 e. The lowest BCUT2D eigenvalue weighted by atomic mass is 9.90. The Balaban J connectivity index is 1.27. The van der Waals surface area contributed by atoms with Gasteiger partial charge in [0.2, 0.25) is 5.91 Å². The van der Waals surface area contributed by atoms with E-state index < -0.39 is 5.60 Å². The first kappa shape index (κ1) is 25.3. The predicted octanol–water partition coefficient (Wildman–Crippen LogP) is 1.84. The van der Waals surface area contributed by atoms with Crippen LogP contribution < -0.4 is 11.3 Å². The molecule has 1 aromatic heterocycles. The SMILES string of the molecule is CC(CC(=O)N1CCC(O)(Cn2cnc(/C=C/CN3CC[C@@H](N)C3)cc2=O)CC1)c1ccccc1. The number of hydrogen-bond acceptors (Lipinski definition) is 6. The number of hydrogen-bond donors (Lipinski definition) is 2. The fourth-order valence-corrected chi connectivity index (χ4v) is 4.94. The zero-order valence-electron chi connectivity index (χ0n) is 20.6. The highest BCUT2D eigenvalue weighted by Gasteiger charge is 2.34. The lowest BCUT2D eigenvalue weighted by Gasteiger charge is -2.38. The van der Waals surface area contributed by atoms with Crippen molar-refractivity contribution in [2.45, 2.75) is 56.7 Å². The van der Waals surface area contributed by atoms with Crippen LogP contribution in [-0.4, -0.2) is 74.7 Å². The van der Waals surface area contributed by atoms with E-state index in [2.05, 4.69) is 16.8 Å². The van der Waals surface area contributed by atoms with Crippen LogP contribution in [0, 0.1) is 0 Å². The molecule has 8 heteroatoms. The molecule has 4 rings (SSSR count). The molecule has 3 heterocycles. The van der Waals surface area contributed by atoms with Crippen molar-refractivity contribution in [2.75, 3.05) is 32.7 Å². The van der Waals surface area contributed by atoms with Crippen LogP contribution in [0.2, 0.25) is 0 Å². The van der Waals surface area contributed by atoms with Crippen LogP contribution in [0.25, 0.3) is 6.08 Å². The highest BCUT2D eigenvalue weighted by atomic mass is 16.3. The van der Waals surface area contributed by atoms with Crippen molar-refractivity contribution in [1.29, 1.82) is 0 Å². The van der Waals surface area contributed by atoms with Crippen LogP contribution in [-0.2, 0) is 11.3 Å². The van der Waals surface area contributed by atoms with Crippen LogP contribution in [0.1, 0.15) is 49.8 Å². The number of likely N-dealkylation sites (tertiary alicyclic amines) is 2. The minimum atomic E-state index is -1.03. The number of aliphatic hydroxyl groups is 1. The molecule has 1 amide bonds. The van der Waals surface area contributed by atoms with Crippen molar-refractivity contribution in [3.63, 3.8) is 0 Å². The molecule has 0 radical (unpaired) electrons. The van der Waals surface area contributed by atoms with Crippen LogP contribution in [0.4, 0.5) is 0 Å². The Hall–Kier alpha value is -2.81. The van der Waals surface area contributed by atoms with Gasteiger partial charge < -0.3 is 15.7 Å². The fourth-order valence-electron chi connectivity index (χ4n) is 4.94. The number of carbonyl (C=O) groups is 1. The average molecular weight is 480 g/mol. The molecule has 1 unspecified atom stereocenters. The van der Waals surface area contributed by atoms with Gasteiger partial charge in [0.1, 0.15) is 0 Å². The summed E-state index contributed by atoms with van der Waals surface area (Å²) in [6, 6.07) is 11.8. The van der Waals surface area contributed by atoms with Gasteiger partial charge in [-0.2, -0.15) is 0 Å². The summed E-state index contributed by atoms with van der Waals surface area (Å²) in [5.41, 5.74) is 6.47. The van der Waals surface area contributed by atoms with E-state index >= 15 is 0 Å². The zero-order chi connectivity index (χ0) is 24.8. The maximum absolute atomic E-state index is 12.8. The number of carbonyl (C=O) groups excluding carboxylic acids is 1. The summed E-state index contributed by atoms with van der Waals surface area (Å²) in [6.45, 7) is 5.89. The number of nitrogens with zero attached hydrogens (tertiary/aromatic N) is 4. The number of piperidine rings is 1. The topological polar surface area (TPSA) is 105 Å². The van der Waals surface area contributed by atoms with Crippen molar-refractivity contribution in [2.24, 2.45) is 5.73 Å². The van der Waals surface area contributed by atoms with Crippen LogP contribution in [0.5, 0.6) is 0 Å². The van der Waals surface area contributed by atoms with E-state index in [0.717, 1.165) is 31.6 Å². The van der Waals surface area contributed by atoms with Crippen LogP contribution in [0.3, 0.4) is 0 Å². The Morgan fingerprint density at radius 1 is 1.26 bits per heavy atom. The molecule has 2 fully saturated rings. The summed E-state index contributed by atoms with van der Waals surface area (Å²) in [7, 11) is 0. The van der Waals surface area contributed by atoms with Gasteiger partial charge in [-0.1, -0.05) is 43.3 Å². The molecule has 2 aromatic rings. The van der Waals surface area contributed by atoms with E-state index in [-0.39, 0.29) is 30.0 Å². The predicted molar refractivity (Wildman–Crippen MR) is 137 cm³/mol. The Bertz CT molecular complexity index is 1080. The number of benzene rings is 1. The largest absolute Gasteiger partial charge is 0.388 e. The molecule has 2 atom stereocenters. The number of rotatable bonds is 8.